The highest BCUT2D eigenvalue weighted by atomic mass is 16.6. The van der Waals surface area contributed by atoms with Crippen molar-refractivity contribution >= 4 is 59.0 Å². The molecule has 0 spiro atoms. The summed E-state index contributed by atoms with van der Waals surface area (Å²) < 4.78 is 16.7. The molecule has 1 aromatic rings. The fourth-order valence-corrected chi connectivity index (χ4v) is 7.41. The lowest BCUT2D eigenvalue weighted by atomic mass is 9.82. The molecule has 0 bridgehead atoms. The summed E-state index contributed by atoms with van der Waals surface area (Å²) in [4.78, 5) is 117. The van der Waals surface area contributed by atoms with Gasteiger partial charge < -0.3 is 57.6 Å². The number of fused-ring (bicyclic) bond motifs is 4. The Morgan fingerprint density at radius 3 is 2.16 bits per heavy atom. The topological polar surface area (TPSA) is 315 Å². The third-order valence-electron chi connectivity index (χ3n) is 10.4. The Morgan fingerprint density at radius 2 is 1.56 bits per heavy atom. The van der Waals surface area contributed by atoms with Gasteiger partial charge in [-0.05, 0) is 38.5 Å². The first-order chi connectivity index (χ1) is 26.9. The van der Waals surface area contributed by atoms with Crippen LogP contribution in [0.25, 0.3) is 0 Å². The molecular weight excluding hydrogens is 750 g/mol. The summed E-state index contributed by atoms with van der Waals surface area (Å²) >= 11 is 0. The summed E-state index contributed by atoms with van der Waals surface area (Å²) in [6.07, 6.45) is -2.19. The van der Waals surface area contributed by atoms with E-state index in [1.807, 2.05) is 0 Å². The molecule has 3 heterocycles. The van der Waals surface area contributed by atoms with Gasteiger partial charge in [0.1, 0.15) is 37.4 Å². The van der Waals surface area contributed by atoms with E-state index in [4.69, 9.17) is 25.7 Å². The molecule has 11 N–H and O–H groups in total. The van der Waals surface area contributed by atoms with Crippen LogP contribution in [0.2, 0.25) is 0 Å². The molecule has 3 aliphatic heterocycles. The number of carbonyl (C=O) groups excluding carboxylic acids is 9. The molecule has 2 saturated heterocycles. The summed E-state index contributed by atoms with van der Waals surface area (Å²) in [7, 11) is 1.37. The van der Waals surface area contributed by atoms with Crippen molar-refractivity contribution in [3.05, 3.63) is 52.4 Å². The number of nitrogens with one attached hydrogen (secondary N) is 4. The molecule has 7 atom stereocenters. The van der Waals surface area contributed by atoms with E-state index >= 15 is 0 Å². The monoisotopic (exact) mass is 796 g/mol. The Labute approximate surface area is 326 Å². The van der Waals surface area contributed by atoms with E-state index in [0.29, 0.717) is 5.56 Å². The molecule has 0 saturated carbocycles. The van der Waals surface area contributed by atoms with E-state index in [2.05, 4.69) is 27.0 Å². The average molecular weight is 797 g/mol. The predicted octanol–water partition coefficient (Wildman–Crippen LogP) is -2.60. The molecule has 21 heteroatoms. The van der Waals surface area contributed by atoms with Gasteiger partial charge in [-0.25, -0.2) is 9.59 Å². The van der Waals surface area contributed by atoms with E-state index in [9.17, 15) is 43.2 Å². The van der Waals surface area contributed by atoms with Crippen molar-refractivity contribution in [2.45, 2.75) is 83.1 Å². The van der Waals surface area contributed by atoms with E-state index < -0.39 is 102 Å². The number of allylic oxidation sites excluding steroid dienone is 2. The second-order valence-electron chi connectivity index (χ2n) is 14.0. The third-order valence-corrected chi connectivity index (χ3v) is 10.4. The zero-order valence-electron chi connectivity index (χ0n) is 32.0. The number of ether oxygens (including phenoxy) is 3. The second kappa shape index (κ2) is 16.4. The van der Waals surface area contributed by atoms with Gasteiger partial charge in [0.25, 0.3) is 0 Å². The lowest BCUT2D eigenvalue weighted by Crippen LogP contribution is -2.56. The summed E-state index contributed by atoms with van der Waals surface area (Å²) in [5.74, 6) is -5.31. The number of piperazine rings is 1. The number of benzene rings is 1. The second-order valence-corrected chi connectivity index (χ2v) is 14.0. The molecule has 1 aliphatic carbocycles. The SMILES string of the molecule is CCC(=O)NC(C)C(=O)NC(C)C(=O)NC(CC(N)=O)C(=O)Nc1ccc(COC(=O)N2C3CN4C5=C(C(=O)C([NH3+])=C(C)C5=O)C(COC(N)=O)C4(OC)C32)cc1. The van der Waals surface area contributed by atoms with Crippen LogP contribution < -0.4 is 38.5 Å². The smallest absolute Gasteiger partial charge is 0.410 e. The van der Waals surface area contributed by atoms with Crippen LogP contribution in [0, 0.1) is 5.92 Å². The number of rotatable bonds is 15. The zero-order chi connectivity index (χ0) is 42.1. The van der Waals surface area contributed by atoms with Gasteiger partial charge >= 0.3 is 12.2 Å². The van der Waals surface area contributed by atoms with Crippen molar-refractivity contribution < 1.29 is 63.1 Å². The van der Waals surface area contributed by atoms with Gasteiger partial charge in [0.05, 0.1) is 29.7 Å². The average Bonchev–Trinajstić information content (AvgIpc) is 3.68. The van der Waals surface area contributed by atoms with Crippen molar-refractivity contribution in [2.75, 3.05) is 25.6 Å². The van der Waals surface area contributed by atoms with Crippen LogP contribution in [0.1, 0.15) is 46.1 Å². The van der Waals surface area contributed by atoms with Gasteiger partial charge in [0, 0.05) is 31.3 Å². The number of amides is 7. The van der Waals surface area contributed by atoms with Gasteiger partial charge in [-0.1, -0.05) is 19.1 Å². The van der Waals surface area contributed by atoms with Gasteiger partial charge in [0.15, 0.2) is 11.4 Å². The van der Waals surface area contributed by atoms with Crippen molar-refractivity contribution in [3.63, 3.8) is 0 Å². The number of nitrogens with zero attached hydrogens (tertiary/aromatic N) is 2. The fourth-order valence-electron chi connectivity index (χ4n) is 7.41. The molecule has 2 fully saturated rings. The predicted molar refractivity (Wildman–Crippen MR) is 194 cm³/mol. The number of methoxy groups -OCH3 is 1. The molecule has 1 aromatic carbocycles. The highest BCUT2D eigenvalue weighted by Crippen LogP contribution is 2.59. The van der Waals surface area contributed by atoms with Gasteiger partial charge in [0.2, 0.25) is 41.1 Å². The number of hydrogen-bond donors (Lipinski definition) is 7. The number of Topliss-reactive ketones (excluding diaryl/α,β-unsaturated/α-hetero) is 2. The van der Waals surface area contributed by atoms with Gasteiger partial charge in [-0.15, -0.1) is 0 Å². The number of hydrogen-bond acceptors (Lipinski definition) is 13. The minimum absolute atomic E-state index is 0.0143. The van der Waals surface area contributed by atoms with E-state index in [1.54, 1.807) is 24.0 Å². The number of carbonyl (C=O) groups is 9. The van der Waals surface area contributed by atoms with Gasteiger partial charge in [-0.3, -0.25) is 38.5 Å². The number of primary amides is 2. The maximum Gasteiger partial charge on any atom is 0.410 e. The van der Waals surface area contributed by atoms with Crippen LogP contribution in [0.15, 0.2) is 46.8 Å². The molecule has 4 aliphatic rings. The number of nitrogens with two attached hydrogens (primary N) is 2. The van der Waals surface area contributed by atoms with Gasteiger partial charge in [-0.2, -0.15) is 0 Å². The minimum atomic E-state index is -1.44. The van der Waals surface area contributed by atoms with Crippen LogP contribution in [0.4, 0.5) is 15.3 Å². The number of quaternary nitrogens is 1. The first kappa shape index (κ1) is 41.8. The lowest BCUT2D eigenvalue weighted by Gasteiger charge is -2.40. The van der Waals surface area contributed by atoms with Crippen molar-refractivity contribution in [1.29, 1.82) is 0 Å². The molecular formula is C36H46N9O12+. The van der Waals surface area contributed by atoms with Crippen LogP contribution in [-0.2, 0) is 54.4 Å². The Morgan fingerprint density at radius 1 is 0.930 bits per heavy atom. The van der Waals surface area contributed by atoms with Crippen LogP contribution >= 0.6 is 0 Å². The maximum atomic E-state index is 13.4. The molecule has 7 amide bonds. The Balaban J connectivity index is 1.19. The van der Waals surface area contributed by atoms with Crippen LogP contribution in [0.5, 0.6) is 0 Å². The number of ketones is 2. The quantitative estimate of drug-likeness (QED) is 0.0708. The molecule has 21 nitrogen and oxygen atoms in total. The first-order valence-electron chi connectivity index (χ1n) is 18.0. The van der Waals surface area contributed by atoms with Crippen molar-refractivity contribution in [3.8, 4) is 0 Å². The number of anilines is 1. The molecule has 57 heavy (non-hydrogen) atoms. The highest BCUT2D eigenvalue weighted by molar-refractivity contribution is 6.24. The first-order valence-corrected chi connectivity index (χ1v) is 18.0. The van der Waals surface area contributed by atoms with E-state index in [1.165, 1.54) is 44.9 Å². The Bertz CT molecular complexity index is 1980. The summed E-state index contributed by atoms with van der Waals surface area (Å²) in [6.45, 7) is 5.48. The maximum absolute atomic E-state index is 13.4. The normalized spacial score (nSPS) is 23.4. The molecule has 0 radical (unpaired) electrons. The van der Waals surface area contributed by atoms with Crippen LogP contribution in [0.3, 0.4) is 0 Å². The summed E-state index contributed by atoms with van der Waals surface area (Å²) in [6, 6.07) is 1.54. The fraction of sp³-hybridized carbons (Fsp3) is 0.472. The Hall–Kier alpha value is -6.35. The van der Waals surface area contributed by atoms with E-state index in [-0.39, 0.29) is 53.7 Å². The van der Waals surface area contributed by atoms with Crippen molar-refractivity contribution in [2.24, 2.45) is 17.4 Å². The zero-order valence-corrected chi connectivity index (χ0v) is 32.0. The largest absolute Gasteiger partial charge is 0.449 e. The molecule has 5 rings (SSSR count). The van der Waals surface area contributed by atoms with Crippen molar-refractivity contribution in [1.82, 2.24) is 25.8 Å². The summed E-state index contributed by atoms with van der Waals surface area (Å²) in [5, 5.41) is 9.89. The third kappa shape index (κ3) is 8.01. The molecule has 7 unspecified atom stereocenters. The lowest BCUT2D eigenvalue weighted by molar-refractivity contribution is -0.299. The minimum Gasteiger partial charge on any atom is -0.449 e. The van der Waals surface area contributed by atoms with E-state index in [0.717, 1.165) is 0 Å². The molecule has 306 valence electrons. The Kier molecular flexibility index (Phi) is 12.0. The standard InChI is InChI=1S/C36H45N9O12/c1-6-24(47)40-16(3)31(50)41-17(4)32(51)43-21(11-23(37)46)33(52)42-19-9-7-18(8-10-19)13-57-35(54)45-22-12-44-27-25(29(49)26(38)15(2)28(27)48)20(14-56-34(39)53)36(44,55-5)30(22)45/h7-10,16-17,20-22,30H,6,11-14,38H2,1-5H3,(H2,37,46)(H2,39,53)(H,40,47)(H,41,50)(H,42,52)(H,43,51)/p+1. The van der Waals surface area contributed by atoms with Crippen LogP contribution in [-0.4, -0.2) is 119 Å². The highest BCUT2D eigenvalue weighted by Gasteiger charge is 2.78. The molecule has 0 aromatic heterocycles. The summed E-state index contributed by atoms with van der Waals surface area (Å²) in [5.41, 5.74) is 14.1.